The Balaban J connectivity index is 1.58. The van der Waals surface area contributed by atoms with E-state index in [2.05, 4.69) is 26.0 Å². The van der Waals surface area contributed by atoms with Crippen LogP contribution in [0.15, 0.2) is 59.8 Å². The second-order valence-electron chi connectivity index (χ2n) is 6.91. The number of tetrazole rings is 1. The van der Waals surface area contributed by atoms with Gasteiger partial charge in [-0.3, -0.25) is 0 Å². The van der Waals surface area contributed by atoms with Crippen LogP contribution in [0.4, 0.5) is 0 Å². The van der Waals surface area contributed by atoms with E-state index in [-0.39, 0.29) is 6.04 Å². The van der Waals surface area contributed by atoms with Crippen LogP contribution in [-0.2, 0) is 11.2 Å². The molecule has 1 unspecified atom stereocenters. The molecule has 0 saturated carbocycles. The summed E-state index contributed by atoms with van der Waals surface area (Å²) in [5.74, 6) is -0.326. The molecule has 0 aliphatic carbocycles. The maximum atomic E-state index is 11.7. The molecule has 148 valence electrons. The molecule has 0 fully saturated rings. The van der Waals surface area contributed by atoms with Gasteiger partial charge in [0.05, 0.1) is 11.6 Å². The molecule has 2 aromatic carbocycles. The Hall–Kier alpha value is -3.52. The number of hydrogen-bond donors (Lipinski definition) is 3. The zero-order valence-corrected chi connectivity index (χ0v) is 16.3. The van der Waals surface area contributed by atoms with Crippen molar-refractivity contribution in [2.24, 2.45) is 0 Å². The highest BCUT2D eigenvalue weighted by atomic mass is 16.4. The molecule has 1 aliphatic heterocycles. The fraction of sp³-hybridized carbons (Fsp3) is 0.238. The van der Waals surface area contributed by atoms with Crippen molar-refractivity contribution < 1.29 is 9.90 Å². The van der Waals surface area contributed by atoms with E-state index in [1.165, 1.54) is 0 Å². The smallest absolute Gasteiger partial charge is 0.335 e. The minimum Gasteiger partial charge on any atom is -0.478 e. The van der Waals surface area contributed by atoms with Crippen LogP contribution in [-0.4, -0.2) is 49.3 Å². The van der Waals surface area contributed by atoms with E-state index >= 15 is 0 Å². The number of nitrogens with one attached hydrogen (secondary N) is 2. The van der Waals surface area contributed by atoms with Crippen molar-refractivity contribution >= 4 is 5.97 Å². The third kappa shape index (κ3) is 3.62. The fourth-order valence-corrected chi connectivity index (χ4v) is 3.79. The summed E-state index contributed by atoms with van der Waals surface area (Å²) in [6.07, 6.45) is 0.599. The van der Waals surface area contributed by atoms with Crippen molar-refractivity contribution in [1.82, 2.24) is 31.1 Å². The predicted octanol–water partition coefficient (Wildman–Crippen LogP) is 2.64. The average Bonchev–Trinajstić information content (AvgIpc) is 3.36. The molecule has 0 amide bonds. The number of rotatable bonds is 6. The molecule has 0 spiro atoms. The minimum atomic E-state index is -0.874. The second-order valence-corrected chi connectivity index (χ2v) is 6.91. The average molecular weight is 390 g/mol. The third-order valence-electron chi connectivity index (χ3n) is 5.22. The molecule has 29 heavy (non-hydrogen) atoms. The van der Waals surface area contributed by atoms with E-state index in [0.717, 1.165) is 28.0 Å². The van der Waals surface area contributed by atoms with Crippen LogP contribution in [0.5, 0.6) is 0 Å². The Bertz CT molecular complexity index is 1040. The van der Waals surface area contributed by atoms with Gasteiger partial charge in [0, 0.05) is 17.8 Å². The Morgan fingerprint density at radius 2 is 1.86 bits per heavy atom. The maximum absolute atomic E-state index is 11.7. The molecule has 4 rings (SSSR count). The van der Waals surface area contributed by atoms with E-state index in [1.807, 2.05) is 67.4 Å². The van der Waals surface area contributed by atoms with E-state index in [1.54, 1.807) is 0 Å². The number of benzene rings is 2. The molecule has 3 N–H and O–H groups in total. The molecule has 8 heteroatoms. The largest absolute Gasteiger partial charge is 0.478 e. The van der Waals surface area contributed by atoms with Crippen molar-refractivity contribution in [3.8, 4) is 22.5 Å². The lowest BCUT2D eigenvalue weighted by atomic mass is 9.95. The number of allylic oxidation sites excluding steroid dienone is 1. The van der Waals surface area contributed by atoms with Gasteiger partial charge >= 0.3 is 5.97 Å². The molecule has 1 aliphatic rings. The van der Waals surface area contributed by atoms with E-state index in [4.69, 9.17) is 0 Å². The van der Waals surface area contributed by atoms with Crippen molar-refractivity contribution in [3.05, 3.63) is 65.4 Å². The number of hydrazine groups is 1. The zero-order chi connectivity index (χ0) is 20.4. The number of carboxylic acid groups (broad SMARTS) is 1. The lowest BCUT2D eigenvalue weighted by Gasteiger charge is -2.20. The van der Waals surface area contributed by atoms with Gasteiger partial charge in [-0.2, -0.15) is 5.21 Å². The lowest BCUT2D eigenvalue weighted by Crippen LogP contribution is -2.38. The number of aromatic nitrogens is 4. The van der Waals surface area contributed by atoms with Crippen molar-refractivity contribution in [1.29, 1.82) is 0 Å². The van der Waals surface area contributed by atoms with Crippen LogP contribution in [0.25, 0.3) is 22.5 Å². The van der Waals surface area contributed by atoms with Gasteiger partial charge < -0.3 is 10.1 Å². The van der Waals surface area contributed by atoms with Gasteiger partial charge in [0.2, 0.25) is 5.82 Å². The van der Waals surface area contributed by atoms with Crippen molar-refractivity contribution in [3.63, 3.8) is 0 Å². The van der Waals surface area contributed by atoms with Gasteiger partial charge in [0.1, 0.15) is 0 Å². The van der Waals surface area contributed by atoms with Crippen LogP contribution in [0, 0.1) is 0 Å². The van der Waals surface area contributed by atoms with Gasteiger partial charge in [-0.1, -0.05) is 48.5 Å². The lowest BCUT2D eigenvalue weighted by molar-refractivity contribution is -0.132. The van der Waals surface area contributed by atoms with Crippen LogP contribution in [0.1, 0.15) is 19.4 Å². The topological polar surface area (TPSA) is 107 Å². The molecular weight excluding hydrogens is 368 g/mol. The van der Waals surface area contributed by atoms with E-state index in [9.17, 15) is 9.90 Å². The van der Waals surface area contributed by atoms with Crippen molar-refractivity contribution in [2.75, 3.05) is 6.54 Å². The first-order chi connectivity index (χ1) is 14.1. The molecule has 2 heterocycles. The maximum Gasteiger partial charge on any atom is 0.335 e. The molecule has 0 radical (unpaired) electrons. The number of hydrogen-bond acceptors (Lipinski definition) is 6. The van der Waals surface area contributed by atoms with Crippen LogP contribution in [0.2, 0.25) is 0 Å². The van der Waals surface area contributed by atoms with Crippen LogP contribution < -0.4 is 5.43 Å². The molecule has 1 aromatic heterocycles. The molecular formula is C21H22N6O2. The van der Waals surface area contributed by atoms with E-state index in [0.29, 0.717) is 24.4 Å². The first-order valence-corrected chi connectivity index (χ1v) is 9.48. The summed E-state index contributed by atoms with van der Waals surface area (Å²) >= 11 is 0. The Morgan fingerprint density at radius 1 is 1.14 bits per heavy atom. The first-order valence-electron chi connectivity index (χ1n) is 9.48. The zero-order valence-electron chi connectivity index (χ0n) is 16.3. The fourth-order valence-electron chi connectivity index (χ4n) is 3.79. The van der Waals surface area contributed by atoms with Crippen LogP contribution >= 0.6 is 0 Å². The summed E-state index contributed by atoms with van der Waals surface area (Å²) in [5, 5.41) is 25.8. The quantitative estimate of drug-likeness (QED) is 0.594. The summed E-state index contributed by atoms with van der Waals surface area (Å²) in [7, 11) is 0. The highest BCUT2D eigenvalue weighted by Crippen LogP contribution is 2.30. The number of H-pyrrole nitrogens is 1. The number of aromatic amines is 1. The summed E-state index contributed by atoms with van der Waals surface area (Å²) in [6.45, 7) is 4.55. The number of carbonyl (C=O) groups is 1. The molecule has 0 saturated heterocycles. The third-order valence-corrected chi connectivity index (χ3v) is 5.22. The summed E-state index contributed by atoms with van der Waals surface area (Å²) in [5.41, 5.74) is 8.51. The number of carboxylic acids is 1. The first kappa shape index (κ1) is 18.8. The van der Waals surface area contributed by atoms with Crippen molar-refractivity contribution in [2.45, 2.75) is 26.3 Å². The summed E-state index contributed by atoms with van der Waals surface area (Å²) in [6, 6.07) is 15.8. The van der Waals surface area contributed by atoms with E-state index < -0.39 is 5.97 Å². The minimum absolute atomic E-state index is 0.245. The molecule has 0 bridgehead atoms. The molecule has 8 nitrogen and oxygen atoms in total. The number of aliphatic carboxylic acids is 1. The molecule has 3 aromatic rings. The highest BCUT2D eigenvalue weighted by molar-refractivity contribution is 5.89. The normalized spacial score (nSPS) is 16.5. The van der Waals surface area contributed by atoms with Gasteiger partial charge in [0.15, 0.2) is 0 Å². The Kier molecular flexibility index (Phi) is 5.09. The van der Waals surface area contributed by atoms with Gasteiger partial charge in [-0.25, -0.2) is 10.2 Å². The standard InChI is InChI=1S/C21H22N6O2/c1-3-27-13(2)19(21(28)29)18(24-27)12-14-8-10-15(11-9-14)16-6-4-5-7-17(16)20-22-25-26-23-20/h4-11,18,24H,3,12H2,1-2H3,(H,28,29)(H,22,23,25,26). The Morgan fingerprint density at radius 3 is 2.48 bits per heavy atom. The van der Waals surface area contributed by atoms with Gasteiger partial charge in [-0.05, 0) is 42.2 Å². The van der Waals surface area contributed by atoms with Gasteiger partial charge in [0.25, 0.3) is 0 Å². The van der Waals surface area contributed by atoms with Gasteiger partial charge in [-0.15, -0.1) is 10.2 Å². The summed E-state index contributed by atoms with van der Waals surface area (Å²) in [4.78, 5) is 11.7. The Labute approximate surface area is 168 Å². The monoisotopic (exact) mass is 390 g/mol. The number of nitrogens with zero attached hydrogens (tertiary/aromatic N) is 4. The molecule has 1 atom stereocenters. The van der Waals surface area contributed by atoms with Crippen LogP contribution in [0.3, 0.4) is 0 Å². The SMILES string of the molecule is CCN1NC(Cc2ccc(-c3ccccc3-c3nn[nH]n3)cc2)C(C(=O)O)=C1C. The predicted molar refractivity (Wildman–Crippen MR) is 108 cm³/mol. The second kappa shape index (κ2) is 7.84. The summed E-state index contributed by atoms with van der Waals surface area (Å²) < 4.78 is 0. The highest BCUT2D eigenvalue weighted by Gasteiger charge is 2.32.